The van der Waals surface area contributed by atoms with Gasteiger partial charge >= 0.3 is 6.03 Å². The zero-order chi connectivity index (χ0) is 21.1. The van der Waals surface area contributed by atoms with Crippen molar-refractivity contribution < 1.29 is 19.0 Å². The summed E-state index contributed by atoms with van der Waals surface area (Å²) in [7, 11) is 4.86. The molecule has 0 spiro atoms. The fourth-order valence-corrected chi connectivity index (χ4v) is 3.88. The van der Waals surface area contributed by atoms with Crippen molar-refractivity contribution in [3.8, 4) is 17.2 Å². The zero-order valence-electron chi connectivity index (χ0n) is 17.3. The summed E-state index contributed by atoms with van der Waals surface area (Å²) >= 11 is 0. The Hall–Kier alpha value is -3.61. The molecule has 2 heterocycles. The molecule has 1 aromatic heterocycles. The van der Waals surface area contributed by atoms with E-state index in [4.69, 9.17) is 14.2 Å². The monoisotopic (exact) mass is 407 g/mol. The first kappa shape index (κ1) is 19.7. The normalized spacial score (nSPS) is 15.3. The van der Waals surface area contributed by atoms with Gasteiger partial charge in [-0.1, -0.05) is 6.07 Å². The van der Waals surface area contributed by atoms with E-state index in [9.17, 15) is 4.79 Å². The maximum absolute atomic E-state index is 13.3. The molecule has 7 heteroatoms. The Kier molecular flexibility index (Phi) is 5.52. The number of hydrogen-bond acceptors (Lipinski definition) is 4. The molecule has 0 fully saturated rings. The van der Waals surface area contributed by atoms with Gasteiger partial charge in [-0.05, 0) is 42.5 Å². The number of nitrogens with zero attached hydrogens (tertiary/aromatic N) is 2. The van der Waals surface area contributed by atoms with Crippen molar-refractivity contribution in [3.05, 3.63) is 72.1 Å². The van der Waals surface area contributed by atoms with E-state index in [0.717, 1.165) is 17.8 Å². The zero-order valence-corrected chi connectivity index (χ0v) is 17.3. The van der Waals surface area contributed by atoms with Crippen LogP contribution in [-0.4, -0.2) is 43.4 Å². The van der Waals surface area contributed by atoms with E-state index in [-0.39, 0.29) is 12.1 Å². The average molecular weight is 407 g/mol. The molecule has 4 rings (SSSR count). The Morgan fingerprint density at radius 3 is 2.50 bits per heavy atom. The summed E-state index contributed by atoms with van der Waals surface area (Å²) in [6.07, 6.45) is 2.03. The molecular formula is C23H25N3O4. The predicted octanol–water partition coefficient (Wildman–Crippen LogP) is 4.15. The van der Waals surface area contributed by atoms with Gasteiger partial charge in [0.15, 0.2) is 0 Å². The second-order valence-electron chi connectivity index (χ2n) is 6.99. The van der Waals surface area contributed by atoms with Gasteiger partial charge in [-0.25, -0.2) is 4.79 Å². The minimum absolute atomic E-state index is 0.189. The van der Waals surface area contributed by atoms with Gasteiger partial charge in [0.2, 0.25) is 0 Å². The molecule has 30 heavy (non-hydrogen) atoms. The fraction of sp³-hybridized carbons (Fsp3) is 0.261. The average Bonchev–Trinajstić information content (AvgIpc) is 3.27. The topological polar surface area (TPSA) is 65.0 Å². The van der Waals surface area contributed by atoms with Gasteiger partial charge in [-0.3, -0.25) is 0 Å². The molecule has 0 saturated carbocycles. The molecule has 1 N–H and O–H groups in total. The highest BCUT2D eigenvalue weighted by molar-refractivity contribution is 5.90. The number of fused-ring (bicyclic) bond motifs is 1. The number of hydrogen-bond donors (Lipinski definition) is 1. The van der Waals surface area contributed by atoms with E-state index in [1.54, 1.807) is 27.4 Å². The molecule has 3 aromatic rings. The van der Waals surface area contributed by atoms with E-state index >= 15 is 0 Å². The number of ether oxygens (including phenoxy) is 3. The van der Waals surface area contributed by atoms with Crippen LogP contribution < -0.4 is 19.5 Å². The molecular weight excluding hydrogens is 382 g/mol. The van der Waals surface area contributed by atoms with Gasteiger partial charge in [-0.15, -0.1) is 0 Å². The number of aromatic nitrogens is 1. The Morgan fingerprint density at radius 2 is 1.73 bits per heavy atom. The molecule has 1 aliphatic heterocycles. The van der Waals surface area contributed by atoms with Crippen molar-refractivity contribution in [1.82, 2.24) is 9.47 Å². The first-order chi connectivity index (χ1) is 14.6. The van der Waals surface area contributed by atoms with Crippen molar-refractivity contribution >= 4 is 11.7 Å². The number of benzene rings is 2. The van der Waals surface area contributed by atoms with Crippen LogP contribution in [0.25, 0.3) is 0 Å². The van der Waals surface area contributed by atoms with E-state index in [0.29, 0.717) is 29.5 Å². The summed E-state index contributed by atoms with van der Waals surface area (Å²) in [5.74, 6) is 2.10. The quantitative estimate of drug-likeness (QED) is 0.690. The summed E-state index contributed by atoms with van der Waals surface area (Å²) in [5, 5.41) is 3.00. The maximum Gasteiger partial charge on any atom is 0.322 e. The van der Waals surface area contributed by atoms with Gasteiger partial charge in [0, 0.05) is 42.3 Å². The minimum atomic E-state index is -0.315. The third-order valence-electron chi connectivity index (χ3n) is 5.35. The van der Waals surface area contributed by atoms with Crippen LogP contribution >= 0.6 is 0 Å². The smallest absolute Gasteiger partial charge is 0.322 e. The molecule has 0 aliphatic carbocycles. The predicted molar refractivity (Wildman–Crippen MR) is 115 cm³/mol. The highest BCUT2D eigenvalue weighted by Gasteiger charge is 2.34. The SMILES string of the molecule is COc1cccc(NC(=O)N2CCn3cccc3[C@H]2c2cc(OC)ccc2OC)c1. The number of carbonyl (C=O) groups excluding carboxylic acids is 1. The van der Waals surface area contributed by atoms with E-state index in [1.165, 1.54) is 0 Å². The standard InChI is InChI=1S/C23H25N3O4/c1-28-17-7-4-6-16(14-17)24-23(27)26-13-12-25-11-5-8-20(25)22(26)19-15-18(29-2)9-10-21(19)30-3/h4-11,14-15,22H,12-13H2,1-3H3,(H,24,27)/t22-/m1/s1. The first-order valence-corrected chi connectivity index (χ1v) is 9.73. The molecule has 2 amide bonds. The third-order valence-corrected chi connectivity index (χ3v) is 5.35. The van der Waals surface area contributed by atoms with Crippen LogP contribution in [0, 0.1) is 0 Å². The summed E-state index contributed by atoms with van der Waals surface area (Å²) in [5.41, 5.74) is 2.57. The molecule has 0 unspecified atom stereocenters. The van der Waals surface area contributed by atoms with E-state index in [2.05, 4.69) is 9.88 Å². The lowest BCUT2D eigenvalue weighted by atomic mass is 9.98. The molecule has 0 radical (unpaired) electrons. The van der Waals surface area contributed by atoms with Crippen LogP contribution in [0.15, 0.2) is 60.8 Å². The maximum atomic E-state index is 13.3. The lowest BCUT2D eigenvalue weighted by molar-refractivity contribution is 0.180. The lowest BCUT2D eigenvalue weighted by Gasteiger charge is -2.37. The fourth-order valence-electron chi connectivity index (χ4n) is 3.88. The number of nitrogens with one attached hydrogen (secondary N) is 1. The molecule has 2 aromatic carbocycles. The highest BCUT2D eigenvalue weighted by Crippen LogP contribution is 2.39. The number of urea groups is 1. The number of amides is 2. The molecule has 0 saturated heterocycles. The second-order valence-corrected chi connectivity index (χ2v) is 6.99. The summed E-state index contributed by atoms with van der Waals surface area (Å²) < 4.78 is 18.5. The van der Waals surface area contributed by atoms with Crippen LogP contribution in [0.2, 0.25) is 0 Å². The molecule has 156 valence electrons. The Bertz CT molecular complexity index is 1050. The Balaban J connectivity index is 1.73. The molecule has 7 nitrogen and oxygen atoms in total. The largest absolute Gasteiger partial charge is 0.497 e. The number of methoxy groups -OCH3 is 3. The second kappa shape index (κ2) is 8.41. The van der Waals surface area contributed by atoms with Crippen LogP contribution in [0.3, 0.4) is 0 Å². The molecule has 0 bridgehead atoms. The Labute approximate surface area is 175 Å². The van der Waals surface area contributed by atoms with Gasteiger partial charge in [0.25, 0.3) is 0 Å². The number of rotatable bonds is 5. The van der Waals surface area contributed by atoms with Crippen molar-refractivity contribution in [2.45, 2.75) is 12.6 Å². The van der Waals surface area contributed by atoms with Gasteiger partial charge in [-0.2, -0.15) is 0 Å². The van der Waals surface area contributed by atoms with Crippen LogP contribution in [0.4, 0.5) is 10.5 Å². The third kappa shape index (κ3) is 3.66. The van der Waals surface area contributed by atoms with Crippen molar-refractivity contribution in [2.24, 2.45) is 0 Å². The minimum Gasteiger partial charge on any atom is -0.497 e. The van der Waals surface area contributed by atoms with Gasteiger partial charge in [0.05, 0.1) is 21.3 Å². The van der Waals surface area contributed by atoms with Crippen LogP contribution in [0.1, 0.15) is 17.3 Å². The summed E-state index contributed by atoms with van der Waals surface area (Å²) in [4.78, 5) is 15.2. The van der Waals surface area contributed by atoms with E-state index < -0.39 is 0 Å². The van der Waals surface area contributed by atoms with Gasteiger partial charge in [0.1, 0.15) is 23.3 Å². The van der Waals surface area contributed by atoms with Gasteiger partial charge < -0.3 is 29.0 Å². The number of carbonyl (C=O) groups is 1. The number of anilines is 1. The van der Waals surface area contributed by atoms with Crippen molar-refractivity contribution in [2.75, 3.05) is 33.2 Å². The van der Waals surface area contributed by atoms with Crippen LogP contribution in [0.5, 0.6) is 17.2 Å². The van der Waals surface area contributed by atoms with E-state index in [1.807, 2.05) is 59.6 Å². The summed E-state index contributed by atoms with van der Waals surface area (Å²) in [6, 6.07) is 16.5. The lowest BCUT2D eigenvalue weighted by Crippen LogP contribution is -2.44. The Morgan fingerprint density at radius 1 is 0.933 bits per heavy atom. The van der Waals surface area contributed by atoms with Crippen molar-refractivity contribution in [1.29, 1.82) is 0 Å². The van der Waals surface area contributed by atoms with Crippen LogP contribution in [-0.2, 0) is 6.54 Å². The van der Waals surface area contributed by atoms with Crippen molar-refractivity contribution in [3.63, 3.8) is 0 Å². The molecule has 1 aliphatic rings. The molecule has 1 atom stereocenters. The highest BCUT2D eigenvalue weighted by atomic mass is 16.5. The first-order valence-electron chi connectivity index (χ1n) is 9.73. The summed E-state index contributed by atoms with van der Waals surface area (Å²) in [6.45, 7) is 1.28.